The molecular formula is H3BFO4P. The first kappa shape index (κ1) is 10.2. The summed E-state index contributed by atoms with van der Waals surface area (Å²) < 4.78 is 17.9. The van der Waals surface area contributed by atoms with Crippen molar-refractivity contribution in [3.63, 3.8) is 0 Å². The van der Waals surface area contributed by atoms with Crippen molar-refractivity contribution in [2.24, 2.45) is 0 Å². The van der Waals surface area contributed by atoms with Crippen molar-refractivity contribution in [2.75, 3.05) is 0 Å². The first-order chi connectivity index (χ1) is 3.00. The molecule has 0 rings (SSSR count). The highest BCUT2D eigenvalue weighted by Gasteiger charge is 2.00. The minimum atomic E-state index is -4.64. The molecule has 0 amide bonds. The highest BCUT2D eigenvalue weighted by molar-refractivity contribution is 7.45. The van der Waals surface area contributed by atoms with E-state index in [4.69, 9.17) is 23.6 Å². The van der Waals surface area contributed by atoms with Gasteiger partial charge in [0.1, 0.15) is 0 Å². The van der Waals surface area contributed by atoms with Gasteiger partial charge in [-0.2, -0.15) is 0 Å². The number of phosphoric acid groups is 1. The fourth-order valence-corrected chi connectivity index (χ4v) is 0. The van der Waals surface area contributed by atoms with E-state index in [9.17, 15) is 0 Å². The summed E-state index contributed by atoms with van der Waals surface area (Å²) in [5.74, 6) is 0. The SMILES string of the molecule is O=P(O)(O)O.[B]F. The predicted molar refractivity (Wildman–Crippen MR) is 21.1 cm³/mol. The smallest absolute Gasteiger partial charge is 0.350 e. The highest BCUT2D eigenvalue weighted by atomic mass is 31.2. The van der Waals surface area contributed by atoms with E-state index in [1.807, 2.05) is 0 Å². The average molecular weight is 128 g/mol. The molecular weight excluding hydrogens is 125 g/mol. The van der Waals surface area contributed by atoms with Crippen LogP contribution in [0.5, 0.6) is 0 Å². The molecule has 42 valence electrons. The second kappa shape index (κ2) is 4.27. The van der Waals surface area contributed by atoms with Gasteiger partial charge in [-0.15, -0.1) is 0 Å². The van der Waals surface area contributed by atoms with Crippen molar-refractivity contribution in [1.29, 1.82) is 0 Å². The maximum Gasteiger partial charge on any atom is 0.466 e. The van der Waals surface area contributed by atoms with Crippen LogP contribution in [-0.2, 0) is 4.57 Å². The van der Waals surface area contributed by atoms with Gasteiger partial charge in [0.05, 0.1) is 0 Å². The van der Waals surface area contributed by atoms with Gasteiger partial charge in [-0.1, -0.05) is 0 Å². The summed E-state index contributed by atoms with van der Waals surface area (Å²) in [6.07, 6.45) is 0. The van der Waals surface area contributed by atoms with Crippen LogP contribution in [0.2, 0.25) is 0 Å². The third kappa shape index (κ3) is 9340. The standard InChI is InChI=1S/BF.H3O4P/c1-2;1-5(2,3)4/h;(H3,1,2,3,4). The van der Waals surface area contributed by atoms with Crippen LogP contribution in [0.3, 0.4) is 0 Å². The van der Waals surface area contributed by atoms with E-state index in [-0.39, 0.29) is 0 Å². The normalized spacial score (nSPS) is 9.14. The third-order valence-corrected chi connectivity index (χ3v) is 0. The van der Waals surface area contributed by atoms with E-state index in [1.54, 1.807) is 0 Å². The van der Waals surface area contributed by atoms with Gasteiger partial charge in [0.2, 0.25) is 0 Å². The molecule has 0 heterocycles. The zero-order valence-corrected chi connectivity index (χ0v) is 4.05. The largest absolute Gasteiger partial charge is 0.466 e. The number of hydrogen-bond donors (Lipinski definition) is 3. The van der Waals surface area contributed by atoms with Crippen molar-refractivity contribution in [3.8, 4) is 0 Å². The highest BCUT2D eigenvalue weighted by Crippen LogP contribution is 2.25. The average Bonchev–Trinajstić information content (AvgIpc) is 1.36. The van der Waals surface area contributed by atoms with Crippen molar-refractivity contribution < 1.29 is 23.6 Å². The maximum absolute atomic E-state index is 9.00. The molecule has 7 heteroatoms. The lowest BCUT2D eigenvalue weighted by atomic mass is 10.7. The van der Waals surface area contributed by atoms with E-state index in [0.717, 1.165) is 0 Å². The Morgan fingerprint density at radius 2 is 1.29 bits per heavy atom. The Hall–Kier alpha value is 0.105. The third-order valence-electron chi connectivity index (χ3n) is 0. The first-order valence-corrected chi connectivity index (χ1v) is 2.57. The fraction of sp³-hybridized carbons (Fsp3) is 0. The lowest BCUT2D eigenvalue weighted by Crippen LogP contribution is -1.66. The summed E-state index contributed by atoms with van der Waals surface area (Å²) in [6.45, 7) is 0. The van der Waals surface area contributed by atoms with Gasteiger partial charge in [-0.3, -0.25) is 0 Å². The van der Waals surface area contributed by atoms with Crippen LogP contribution in [0.15, 0.2) is 0 Å². The molecule has 4 nitrogen and oxygen atoms in total. The van der Waals surface area contributed by atoms with Crippen molar-refractivity contribution >= 4 is 15.9 Å². The van der Waals surface area contributed by atoms with Gasteiger partial charge in [-0.25, -0.2) is 4.57 Å². The molecule has 0 aromatic rings. The Labute approximate surface area is 40.7 Å². The zero-order valence-electron chi connectivity index (χ0n) is 3.15. The molecule has 0 aromatic heterocycles. The van der Waals surface area contributed by atoms with E-state index in [0.29, 0.717) is 0 Å². The Morgan fingerprint density at radius 3 is 1.29 bits per heavy atom. The fourth-order valence-electron chi connectivity index (χ4n) is 0. The van der Waals surface area contributed by atoms with Crippen LogP contribution in [0, 0.1) is 0 Å². The molecule has 0 unspecified atom stereocenters. The molecule has 0 spiro atoms. The summed E-state index contributed by atoms with van der Waals surface area (Å²) in [7, 11) is -1.64. The minimum absolute atomic E-state index is 3.00. The topological polar surface area (TPSA) is 77.8 Å². The lowest BCUT2D eigenvalue weighted by molar-refractivity contribution is 0.275. The summed E-state index contributed by atoms with van der Waals surface area (Å²) in [6, 6.07) is 0. The van der Waals surface area contributed by atoms with E-state index in [2.05, 4.69) is 8.12 Å². The molecule has 0 saturated heterocycles. The van der Waals surface area contributed by atoms with Gasteiger partial charge in [-0.05, 0) is 0 Å². The summed E-state index contributed by atoms with van der Waals surface area (Å²) >= 11 is 0. The van der Waals surface area contributed by atoms with E-state index >= 15 is 0 Å². The van der Waals surface area contributed by atoms with Gasteiger partial charge in [0, 0.05) is 0 Å². The molecule has 0 saturated carbocycles. The van der Waals surface area contributed by atoms with Crippen LogP contribution < -0.4 is 0 Å². The van der Waals surface area contributed by atoms with Crippen LogP contribution in [0.1, 0.15) is 0 Å². The van der Waals surface area contributed by atoms with E-state index in [1.165, 1.54) is 0 Å². The molecule has 2 radical (unpaired) electrons. The molecule has 3 N–H and O–H groups in total. The van der Waals surface area contributed by atoms with Gasteiger partial charge >= 0.3 is 15.9 Å². The first-order valence-electron chi connectivity index (χ1n) is 1.00. The van der Waals surface area contributed by atoms with Crippen LogP contribution in [-0.4, -0.2) is 22.8 Å². The monoisotopic (exact) mass is 128 g/mol. The van der Waals surface area contributed by atoms with Crippen LogP contribution in [0.4, 0.5) is 4.32 Å². The predicted octanol–water partition coefficient (Wildman–Crippen LogP) is -0.889. The number of halogens is 1. The Balaban J connectivity index is 0. The van der Waals surface area contributed by atoms with Crippen molar-refractivity contribution in [1.82, 2.24) is 0 Å². The molecule has 0 fully saturated rings. The van der Waals surface area contributed by atoms with Crippen LogP contribution in [0.25, 0.3) is 0 Å². The zero-order chi connectivity index (χ0) is 6.50. The molecule has 7 heavy (non-hydrogen) atoms. The van der Waals surface area contributed by atoms with Crippen LogP contribution >= 0.6 is 7.82 Å². The molecule has 0 aliphatic carbocycles. The van der Waals surface area contributed by atoms with Crippen molar-refractivity contribution in [3.05, 3.63) is 0 Å². The Bertz CT molecular complexity index is 57.8. The number of hydrogen-bond acceptors (Lipinski definition) is 1. The summed E-state index contributed by atoms with van der Waals surface area (Å²) in [5, 5.41) is 0. The molecule has 0 aliphatic heterocycles. The Kier molecular flexibility index (Phi) is 6.20. The second-order valence-corrected chi connectivity index (χ2v) is 1.54. The second-order valence-electron chi connectivity index (χ2n) is 0.513. The molecule has 0 aromatic carbocycles. The van der Waals surface area contributed by atoms with Crippen molar-refractivity contribution in [2.45, 2.75) is 0 Å². The maximum atomic E-state index is 9.00. The van der Waals surface area contributed by atoms with Gasteiger partial charge in [0.15, 0.2) is 0 Å². The summed E-state index contributed by atoms with van der Waals surface area (Å²) in [5.41, 5.74) is 0. The lowest BCUT2D eigenvalue weighted by Gasteiger charge is -1.82. The molecule has 0 atom stereocenters. The van der Waals surface area contributed by atoms with Gasteiger partial charge in [0.25, 0.3) is 0 Å². The van der Waals surface area contributed by atoms with E-state index < -0.39 is 7.82 Å². The van der Waals surface area contributed by atoms with Gasteiger partial charge < -0.3 is 19.0 Å². The quantitative estimate of drug-likeness (QED) is 0.292. The summed E-state index contributed by atoms with van der Waals surface area (Å²) in [4.78, 5) is 21.6. The molecule has 0 aliphatic rings. The number of rotatable bonds is 0. The molecule has 0 bridgehead atoms. The minimum Gasteiger partial charge on any atom is -0.350 e. The Morgan fingerprint density at radius 1 is 1.29 bits per heavy atom.